The van der Waals surface area contributed by atoms with Gasteiger partial charge in [0.1, 0.15) is 11.6 Å². The fourth-order valence-electron chi connectivity index (χ4n) is 4.52. The van der Waals surface area contributed by atoms with Gasteiger partial charge in [-0.15, -0.1) is 0 Å². The van der Waals surface area contributed by atoms with Crippen molar-refractivity contribution in [2.45, 2.75) is 13.0 Å². The zero-order valence-electron chi connectivity index (χ0n) is 19.7. The molecule has 1 aromatic carbocycles. The summed E-state index contributed by atoms with van der Waals surface area (Å²) in [5.41, 5.74) is 5.81. The Morgan fingerprint density at radius 2 is 1.83 bits per heavy atom. The molecule has 1 atom stereocenters. The van der Waals surface area contributed by atoms with E-state index < -0.39 is 0 Å². The number of hydrogen-bond donors (Lipinski definition) is 0. The molecule has 0 radical (unpaired) electrons. The van der Waals surface area contributed by atoms with Gasteiger partial charge >= 0.3 is 0 Å². The van der Waals surface area contributed by atoms with Gasteiger partial charge in [-0.1, -0.05) is 12.1 Å². The predicted octanol–water partition coefficient (Wildman–Crippen LogP) is 4.48. The SMILES string of the molecule is COc1cccc(-c2ccn(-c3cc(N4CCO[C@H](C)C4)n4nc(-c5ccncc5)cc4c3)n2)c1. The summed E-state index contributed by atoms with van der Waals surface area (Å²) in [6.07, 6.45) is 5.73. The molecule has 1 saturated heterocycles. The molecule has 1 aliphatic heterocycles. The molecule has 1 fully saturated rings. The lowest BCUT2D eigenvalue weighted by molar-refractivity contribution is 0.0528. The van der Waals surface area contributed by atoms with Crippen molar-refractivity contribution in [2.24, 2.45) is 0 Å². The molecule has 0 bridgehead atoms. The van der Waals surface area contributed by atoms with Gasteiger partial charge in [-0.3, -0.25) is 4.98 Å². The molecular weight excluding hydrogens is 440 g/mol. The van der Waals surface area contributed by atoms with Gasteiger partial charge in [-0.2, -0.15) is 10.2 Å². The van der Waals surface area contributed by atoms with Crippen LogP contribution < -0.4 is 9.64 Å². The smallest absolute Gasteiger partial charge is 0.133 e. The third-order valence-electron chi connectivity index (χ3n) is 6.29. The van der Waals surface area contributed by atoms with Crippen molar-refractivity contribution in [3.05, 3.63) is 79.3 Å². The number of benzene rings is 1. The van der Waals surface area contributed by atoms with E-state index >= 15 is 0 Å². The lowest BCUT2D eigenvalue weighted by Gasteiger charge is -2.33. The minimum atomic E-state index is 0.155. The van der Waals surface area contributed by atoms with E-state index in [-0.39, 0.29) is 6.10 Å². The Hall–Kier alpha value is -4.17. The number of fused-ring (bicyclic) bond motifs is 1. The number of hydrogen-bond acceptors (Lipinski definition) is 6. The Labute approximate surface area is 203 Å². The molecule has 0 saturated carbocycles. The van der Waals surface area contributed by atoms with Crippen LogP contribution in [0.1, 0.15) is 6.92 Å². The lowest BCUT2D eigenvalue weighted by Crippen LogP contribution is -2.42. The number of morpholine rings is 1. The van der Waals surface area contributed by atoms with Crippen LogP contribution in [-0.2, 0) is 4.74 Å². The summed E-state index contributed by atoms with van der Waals surface area (Å²) in [5, 5.41) is 9.83. The fourth-order valence-corrected chi connectivity index (χ4v) is 4.52. The first-order valence-electron chi connectivity index (χ1n) is 11.7. The highest BCUT2D eigenvalue weighted by molar-refractivity contribution is 5.71. The van der Waals surface area contributed by atoms with E-state index in [1.54, 1.807) is 19.5 Å². The maximum atomic E-state index is 5.80. The highest BCUT2D eigenvalue weighted by atomic mass is 16.5. The summed E-state index contributed by atoms with van der Waals surface area (Å²) < 4.78 is 15.1. The van der Waals surface area contributed by atoms with Crippen LogP contribution in [-0.4, -0.2) is 57.3 Å². The van der Waals surface area contributed by atoms with Crippen LogP contribution in [0.4, 0.5) is 5.82 Å². The molecule has 35 heavy (non-hydrogen) atoms. The normalized spacial score (nSPS) is 16.1. The Balaban J connectivity index is 1.46. The van der Waals surface area contributed by atoms with Crippen molar-refractivity contribution >= 4 is 11.3 Å². The zero-order valence-corrected chi connectivity index (χ0v) is 19.7. The molecule has 0 aliphatic carbocycles. The van der Waals surface area contributed by atoms with Crippen molar-refractivity contribution in [2.75, 3.05) is 31.7 Å². The second-order valence-electron chi connectivity index (χ2n) is 8.68. The van der Waals surface area contributed by atoms with Crippen LogP contribution in [0.3, 0.4) is 0 Å². The first-order valence-corrected chi connectivity index (χ1v) is 11.7. The topological polar surface area (TPSA) is 69.7 Å². The minimum Gasteiger partial charge on any atom is -0.497 e. The van der Waals surface area contributed by atoms with Crippen LogP contribution in [0.25, 0.3) is 33.7 Å². The number of nitrogens with zero attached hydrogens (tertiary/aromatic N) is 6. The average molecular weight is 467 g/mol. The van der Waals surface area contributed by atoms with Crippen molar-refractivity contribution < 1.29 is 9.47 Å². The van der Waals surface area contributed by atoms with E-state index in [0.717, 1.165) is 58.4 Å². The van der Waals surface area contributed by atoms with E-state index in [1.807, 2.05) is 57.9 Å². The van der Waals surface area contributed by atoms with Crippen molar-refractivity contribution in [3.8, 4) is 34.0 Å². The second-order valence-corrected chi connectivity index (χ2v) is 8.68. The number of aromatic nitrogens is 5. The standard InChI is InChI=1S/C27H26N6O2/c1-19-18-31(12-13-35-19)27-17-22(15-23-16-26(30-33(23)27)20-6-9-28-10-7-20)32-11-8-25(29-32)21-4-3-5-24(14-21)34-2/h3-11,14-17,19H,12-13,18H2,1-2H3/t19-/m1/s1. The van der Waals surface area contributed by atoms with E-state index in [2.05, 4.69) is 35.0 Å². The molecule has 176 valence electrons. The summed E-state index contributed by atoms with van der Waals surface area (Å²) in [6.45, 7) is 4.40. The first kappa shape index (κ1) is 21.4. The molecular formula is C27H26N6O2. The third kappa shape index (κ3) is 4.13. The molecule has 4 aromatic heterocycles. The summed E-state index contributed by atoms with van der Waals surface area (Å²) in [4.78, 5) is 6.47. The molecule has 0 N–H and O–H groups in total. The van der Waals surface area contributed by atoms with Crippen LogP contribution in [0.2, 0.25) is 0 Å². The quantitative estimate of drug-likeness (QED) is 0.380. The number of rotatable bonds is 5. The maximum absolute atomic E-state index is 5.80. The van der Waals surface area contributed by atoms with Gasteiger partial charge in [-0.05, 0) is 49.4 Å². The Morgan fingerprint density at radius 1 is 0.943 bits per heavy atom. The highest BCUT2D eigenvalue weighted by Crippen LogP contribution is 2.29. The van der Waals surface area contributed by atoms with E-state index in [1.165, 1.54) is 0 Å². The Morgan fingerprint density at radius 3 is 2.66 bits per heavy atom. The molecule has 1 aliphatic rings. The third-order valence-corrected chi connectivity index (χ3v) is 6.29. The summed E-state index contributed by atoms with van der Waals surface area (Å²) in [5.74, 6) is 1.83. The number of anilines is 1. The van der Waals surface area contributed by atoms with Crippen LogP contribution in [0.15, 0.2) is 79.3 Å². The molecule has 0 spiro atoms. The molecule has 0 amide bonds. The van der Waals surface area contributed by atoms with Gasteiger partial charge in [0.25, 0.3) is 0 Å². The lowest BCUT2D eigenvalue weighted by atomic mass is 10.1. The molecule has 5 heterocycles. The van der Waals surface area contributed by atoms with Gasteiger partial charge in [0.15, 0.2) is 0 Å². The van der Waals surface area contributed by atoms with Crippen molar-refractivity contribution in [3.63, 3.8) is 0 Å². The van der Waals surface area contributed by atoms with E-state index in [4.69, 9.17) is 19.7 Å². The molecule has 0 unspecified atom stereocenters. The Bertz CT molecular complexity index is 1480. The monoisotopic (exact) mass is 466 g/mol. The van der Waals surface area contributed by atoms with Crippen molar-refractivity contribution in [1.29, 1.82) is 0 Å². The van der Waals surface area contributed by atoms with Gasteiger partial charge in [0, 0.05) is 48.9 Å². The average Bonchev–Trinajstić information content (AvgIpc) is 3.56. The number of pyridine rings is 2. The minimum absolute atomic E-state index is 0.155. The van der Waals surface area contributed by atoms with Crippen LogP contribution in [0, 0.1) is 0 Å². The van der Waals surface area contributed by atoms with Gasteiger partial charge < -0.3 is 14.4 Å². The molecule has 5 aromatic rings. The largest absolute Gasteiger partial charge is 0.497 e. The van der Waals surface area contributed by atoms with E-state index in [9.17, 15) is 0 Å². The Kier molecular flexibility index (Phi) is 5.42. The molecule has 8 nitrogen and oxygen atoms in total. The number of methoxy groups -OCH3 is 1. The fraction of sp³-hybridized carbons (Fsp3) is 0.222. The molecule has 6 rings (SSSR count). The van der Waals surface area contributed by atoms with Crippen molar-refractivity contribution in [1.82, 2.24) is 24.4 Å². The number of ether oxygens (including phenoxy) is 2. The predicted molar refractivity (Wildman–Crippen MR) is 135 cm³/mol. The van der Waals surface area contributed by atoms with Crippen LogP contribution >= 0.6 is 0 Å². The van der Waals surface area contributed by atoms with Crippen LogP contribution in [0.5, 0.6) is 5.75 Å². The highest BCUT2D eigenvalue weighted by Gasteiger charge is 2.21. The first-order chi connectivity index (χ1) is 17.2. The van der Waals surface area contributed by atoms with Gasteiger partial charge in [-0.25, -0.2) is 9.20 Å². The second kappa shape index (κ2) is 8.88. The summed E-state index contributed by atoms with van der Waals surface area (Å²) in [7, 11) is 1.67. The van der Waals surface area contributed by atoms with Gasteiger partial charge in [0.2, 0.25) is 0 Å². The summed E-state index contributed by atoms with van der Waals surface area (Å²) in [6, 6.07) is 20.3. The summed E-state index contributed by atoms with van der Waals surface area (Å²) >= 11 is 0. The zero-order chi connectivity index (χ0) is 23.8. The molecule has 8 heteroatoms. The van der Waals surface area contributed by atoms with E-state index in [0.29, 0.717) is 6.61 Å². The maximum Gasteiger partial charge on any atom is 0.133 e. The van der Waals surface area contributed by atoms with Gasteiger partial charge in [0.05, 0.1) is 42.4 Å².